The molecule has 20 heavy (non-hydrogen) atoms. The number of furan rings is 1. The molecule has 0 aliphatic rings. The molecule has 2 aromatic heterocycles. The number of hydrogen-bond acceptors (Lipinski definition) is 6. The van der Waals surface area contributed by atoms with E-state index in [1.807, 2.05) is 6.92 Å². The molecule has 0 unspecified atom stereocenters. The van der Waals surface area contributed by atoms with E-state index in [2.05, 4.69) is 14.7 Å². The zero-order valence-electron chi connectivity index (χ0n) is 11.1. The Morgan fingerprint density at radius 1 is 1.50 bits per heavy atom. The lowest BCUT2D eigenvalue weighted by molar-refractivity contribution is 0.0563. The molecule has 7 heteroatoms. The van der Waals surface area contributed by atoms with E-state index in [1.54, 1.807) is 12.1 Å². The Kier molecular flexibility index (Phi) is 4.62. The third kappa shape index (κ3) is 3.51. The van der Waals surface area contributed by atoms with Gasteiger partial charge >= 0.3 is 5.97 Å². The maximum absolute atomic E-state index is 11.4. The van der Waals surface area contributed by atoms with Crippen LogP contribution >= 0.6 is 11.8 Å². The van der Waals surface area contributed by atoms with Crippen LogP contribution in [0.15, 0.2) is 32.6 Å². The molecule has 2 aromatic rings. The van der Waals surface area contributed by atoms with Crippen molar-refractivity contribution in [1.29, 1.82) is 0 Å². The van der Waals surface area contributed by atoms with Crippen LogP contribution in [0.3, 0.4) is 0 Å². The minimum absolute atomic E-state index is 0.159. The van der Waals surface area contributed by atoms with Gasteiger partial charge in [0.2, 0.25) is 5.76 Å². The smallest absolute Gasteiger partial charge is 0.373 e. The van der Waals surface area contributed by atoms with Crippen molar-refractivity contribution < 1.29 is 13.9 Å². The lowest BCUT2D eigenvalue weighted by Crippen LogP contribution is -2.09. The third-order valence-corrected chi connectivity index (χ3v) is 3.43. The van der Waals surface area contributed by atoms with Crippen LogP contribution in [0.4, 0.5) is 0 Å². The molecule has 2 heterocycles. The number of nitrogens with one attached hydrogen (secondary N) is 1. The largest absolute Gasteiger partial charge is 0.463 e. The van der Waals surface area contributed by atoms with E-state index in [1.165, 1.54) is 24.9 Å². The Balaban J connectivity index is 2.05. The monoisotopic (exact) mass is 294 g/mol. The van der Waals surface area contributed by atoms with Crippen molar-refractivity contribution in [2.45, 2.75) is 24.3 Å². The van der Waals surface area contributed by atoms with Crippen LogP contribution in [0.2, 0.25) is 0 Å². The molecule has 0 fully saturated rings. The Morgan fingerprint density at radius 2 is 2.30 bits per heavy atom. The molecule has 0 spiro atoms. The molecular formula is C13H14N2O4S. The maximum Gasteiger partial charge on any atom is 0.373 e. The van der Waals surface area contributed by atoms with Gasteiger partial charge in [0.05, 0.1) is 12.9 Å². The molecule has 0 aliphatic heterocycles. The number of H-pyrrole nitrogens is 1. The van der Waals surface area contributed by atoms with Crippen LogP contribution in [0.5, 0.6) is 0 Å². The number of aryl methyl sites for hydroxylation is 1. The maximum atomic E-state index is 11.4. The number of aromatic amines is 1. The Morgan fingerprint density at radius 3 is 3.00 bits per heavy atom. The second kappa shape index (κ2) is 6.42. The Hall–Kier alpha value is -2.02. The molecule has 106 valence electrons. The highest BCUT2D eigenvalue weighted by Crippen LogP contribution is 2.20. The summed E-state index contributed by atoms with van der Waals surface area (Å²) in [5.74, 6) is 0.722. The van der Waals surface area contributed by atoms with E-state index >= 15 is 0 Å². The number of methoxy groups -OCH3 is 1. The molecule has 1 N–H and O–H groups in total. The first-order chi connectivity index (χ1) is 9.62. The van der Waals surface area contributed by atoms with Gasteiger partial charge in [0.25, 0.3) is 5.56 Å². The van der Waals surface area contributed by atoms with Gasteiger partial charge in [0, 0.05) is 11.8 Å². The van der Waals surface area contributed by atoms with Gasteiger partial charge in [-0.05, 0) is 18.6 Å². The number of esters is 1. The number of carbonyl (C=O) groups excluding carboxylic acids is 1. The SMILES string of the molecule is CCc1cc(=O)[nH]c(SCc2ccc(C(=O)OC)o2)n1. The second-order valence-electron chi connectivity index (χ2n) is 3.94. The third-order valence-electron chi connectivity index (χ3n) is 2.53. The summed E-state index contributed by atoms with van der Waals surface area (Å²) >= 11 is 1.34. The number of carbonyl (C=O) groups is 1. The van der Waals surface area contributed by atoms with Crippen LogP contribution in [0.1, 0.15) is 28.9 Å². The first-order valence-corrected chi connectivity index (χ1v) is 7.01. The fourth-order valence-corrected chi connectivity index (χ4v) is 2.33. The van der Waals surface area contributed by atoms with Crippen LogP contribution in [0, 0.1) is 0 Å². The number of rotatable bonds is 5. The van der Waals surface area contributed by atoms with Crippen molar-refractivity contribution in [3.05, 3.63) is 45.8 Å². The summed E-state index contributed by atoms with van der Waals surface area (Å²) in [5.41, 5.74) is 0.569. The quantitative estimate of drug-likeness (QED) is 0.516. The molecule has 6 nitrogen and oxygen atoms in total. The highest BCUT2D eigenvalue weighted by atomic mass is 32.2. The predicted octanol–water partition coefficient (Wildman–Crippen LogP) is 2.00. The van der Waals surface area contributed by atoms with E-state index < -0.39 is 5.97 Å². The minimum atomic E-state index is -0.513. The number of hydrogen-bond donors (Lipinski definition) is 1. The number of thioether (sulfide) groups is 1. The summed E-state index contributed by atoms with van der Waals surface area (Å²) in [6.45, 7) is 1.94. The van der Waals surface area contributed by atoms with Crippen molar-refractivity contribution >= 4 is 17.7 Å². The molecule has 2 rings (SSSR count). The molecule has 0 aromatic carbocycles. The molecule has 0 saturated heterocycles. The van der Waals surface area contributed by atoms with Crippen molar-refractivity contribution in [3.8, 4) is 0 Å². The highest BCUT2D eigenvalue weighted by Gasteiger charge is 2.11. The van der Waals surface area contributed by atoms with Crippen LogP contribution < -0.4 is 5.56 Å². The van der Waals surface area contributed by atoms with E-state index in [-0.39, 0.29) is 11.3 Å². The van der Waals surface area contributed by atoms with Crippen molar-refractivity contribution in [2.75, 3.05) is 7.11 Å². The van der Waals surface area contributed by atoms with Gasteiger partial charge in [0.15, 0.2) is 5.16 Å². The van der Waals surface area contributed by atoms with Crippen molar-refractivity contribution in [3.63, 3.8) is 0 Å². The summed E-state index contributed by atoms with van der Waals surface area (Å²) in [6.07, 6.45) is 0.699. The second-order valence-corrected chi connectivity index (χ2v) is 4.91. The summed E-state index contributed by atoms with van der Waals surface area (Å²) in [5, 5.41) is 0.533. The first-order valence-electron chi connectivity index (χ1n) is 6.02. The molecule has 0 amide bonds. The van der Waals surface area contributed by atoms with E-state index in [0.717, 1.165) is 5.69 Å². The van der Waals surface area contributed by atoms with E-state index in [4.69, 9.17) is 4.42 Å². The molecule has 0 radical (unpaired) electrons. The summed E-state index contributed by atoms with van der Waals surface area (Å²) in [7, 11) is 1.30. The van der Waals surface area contributed by atoms with Gasteiger partial charge < -0.3 is 14.1 Å². The number of aromatic nitrogens is 2. The zero-order valence-corrected chi connectivity index (χ0v) is 12.0. The Bertz CT molecular complexity index is 662. The predicted molar refractivity (Wildman–Crippen MR) is 73.8 cm³/mol. The van der Waals surface area contributed by atoms with Crippen LogP contribution in [-0.2, 0) is 16.9 Å². The first kappa shape index (κ1) is 14.4. The Labute approximate surface area is 119 Å². The van der Waals surface area contributed by atoms with Gasteiger partial charge in [-0.25, -0.2) is 9.78 Å². The van der Waals surface area contributed by atoms with Crippen molar-refractivity contribution in [1.82, 2.24) is 9.97 Å². The summed E-state index contributed by atoms with van der Waals surface area (Å²) in [4.78, 5) is 29.6. The lowest BCUT2D eigenvalue weighted by atomic mass is 10.3. The summed E-state index contributed by atoms with van der Waals surface area (Å²) < 4.78 is 9.89. The zero-order chi connectivity index (χ0) is 14.5. The molecule has 0 aliphatic carbocycles. The van der Waals surface area contributed by atoms with E-state index in [9.17, 15) is 9.59 Å². The molecule has 0 saturated carbocycles. The molecule has 0 atom stereocenters. The topological polar surface area (TPSA) is 85.2 Å². The molecule has 0 bridgehead atoms. The van der Waals surface area contributed by atoms with Gasteiger partial charge in [-0.1, -0.05) is 18.7 Å². The van der Waals surface area contributed by atoms with Crippen LogP contribution in [-0.4, -0.2) is 23.0 Å². The van der Waals surface area contributed by atoms with E-state index in [0.29, 0.717) is 23.1 Å². The average molecular weight is 294 g/mol. The van der Waals surface area contributed by atoms with Crippen molar-refractivity contribution in [2.24, 2.45) is 0 Å². The fourth-order valence-electron chi connectivity index (χ4n) is 1.54. The fraction of sp³-hybridized carbons (Fsp3) is 0.308. The highest BCUT2D eigenvalue weighted by molar-refractivity contribution is 7.98. The van der Waals surface area contributed by atoms with Gasteiger partial charge in [-0.3, -0.25) is 4.79 Å². The number of nitrogens with zero attached hydrogens (tertiary/aromatic N) is 1. The minimum Gasteiger partial charge on any atom is -0.463 e. The van der Waals surface area contributed by atoms with Gasteiger partial charge in [0.1, 0.15) is 5.76 Å². The summed E-state index contributed by atoms with van der Waals surface area (Å²) in [6, 6.07) is 4.73. The normalized spacial score (nSPS) is 10.5. The molecular weight excluding hydrogens is 280 g/mol. The average Bonchev–Trinajstić information content (AvgIpc) is 2.92. The van der Waals surface area contributed by atoms with Gasteiger partial charge in [-0.15, -0.1) is 0 Å². The standard InChI is InChI=1S/C13H14N2O4S/c1-3-8-6-11(16)15-13(14-8)20-7-9-4-5-10(19-9)12(17)18-2/h4-6H,3,7H2,1-2H3,(H,14,15,16). The lowest BCUT2D eigenvalue weighted by Gasteiger charge is -2.01. The van der Waals surface area contributed by atoms with Gasteiger partial charge in [-0.2, -0.15) is 0 Å². The van der Waals surface area contributed by atoms with Crippen LogP contribution in [0.25, 0.3) is 0 Å². The number of ether oxygens (including phenoxy) is 1.